The summed E-state index contributed by atoms with van der Waals surface area (Å²) >= 11 is 0.881. The highest BCUT2D eigenvalue weighted by molar-refractivity contribution is 8.15. The van der Waals surface area contributed by atoms with E-state index in [1.807, 2.05) is 0 Å². The molecule has 18 heavy (non-hydrogen) atoms. The lowest BCUT2D eigenvalue weighted by Crippen LogP contribution is -2.29. The summed E-state index contributed by atoms with van der Waals surface area (Å²) in [5, 5.41) is 4.05. The van der Waals surface area contributed by atoms with Crippen molar-refractivity contribution in [2.75, 3.05) is 12.4 Å². The summed E-state index contributed by atoms with van der Waals surface area (Å²) < 4.78 is 4.57. The van der Waals surface area contributed by atoms with Gasteiger partial charge in [-0.15, -0.1) is 0 Å². The van der Waals surface area contributed by atoms with E-state index in [9.17, 15) is 14.4 Å². The topological polar surface area (TPSA) is 84.5 Å². The zero-order valence-electron chi connectivity index (χ0n) is 9.43. The van der Waals surface area contributed by atoms with Crippen molar-refractivity contribution >= 4 is 34.6 Å². The Bertz CT molecular complexity index is 500. The average molecular weight is 266 g/mol. The molecular formula is C11H10N2O4S. The van der Waals surface area contributed by atoms with Crippen molar-refractivity contribution in [3.05, 3.63) is 29.8 Å². The molecule has 1 aromatic carbocycles. The minimum atomic E-state index is -0.638. The number of thioether (sulfide) groups is 1. The zero-order valence-corrected chi connectivity index (χ0v) is 10.2. The van der Waals surface area contributed by atoms with Crippen molar-refractivity contribution in [2.45, 2.75) is 5.37 Å². The largest absolute Gasteiger partial charge is 0.465 e. The summed E-state index contributed by atoms with van der Waals surface area (Å²) in [7, 11) is 1.31. The molecule has 1 atom stereocenters. The quantitative estimate of drug-likeness (QED) is 0.799. The highest BCUT2D eigenvalue weighted by Crippen LogP contribution is 2.21. The molecule has 0 radical (unpaired) electrons. The Morgan fingerprint density at radius 3 is 2.50 bits per heavy atom. The number of hydrogen-bond donors (Lipinski definition) is 2. The predicted octanol–water partition coefficient (Wildman–Crippen LogP) is 1.19. The molecule has 0 aromatic heterocycles. The summed E-state index contributed by atoms with van der Waals surface area (Å²) in [6.07, 6.45) is 0. The van der Waals surface area contributed by atoms with Crippen LogP contribution in [0.5, 0.6) is 0 Å². The van der Waals surface area contributed by atoms with Crippen molar-refractivity contribution in [1.29, 1.82) is 0 Å². The van der Waals surface area contributed by atoms with Gasteiger partial charge in [0, 0.05) is 5.69 Å². The average Bonchev–Trinajstić information content (AvgIpc) is 2.68. The number of hydrogen-bond acceptors (Lipinski definition) is 6. The maximum absolute atomic E-state index is 11.3. The van der Waals surface area contributed by atoms with Crippen LogP contribution in [-0.4, -0.2) is 29.6 Å². The van der Waals surface area contributed by atoms with E-state index < -0.39 is 11.3 Å². The van der Waals surface area contributed by atoms with Crippen LogP contribution < -0.4 is 10.6 Å². The van der Waals surface area contributed by atoms with Crippen molar-refractivity contribution in [1.82, 2.24) is 5.32 Å². The molecule has 2 amide bonds. The molecule has 1 heterocycles. The Hall–Kier alpha value is -2.02. The minimum Gasteiger partial charge on any atom is -0.465 e. The van der Waals surface area contributed by atoms with Gasteiger partial charge >= 0.3 is 5.97 Å². The molecule has 7 heteroatoms. The second kappa shape index (κ2) is 5.09. The van der Waals surface area contributed by atoms with E-state index in [4.69, 9.17) is 0 Å². The SMILES string of the molecule is COC(=O)c1ccc(N[C@@H]2SC(=O)NC2=O)cc1. The molecule has 1 aromatic rings. The number of imide groups is 1. The fourth-order valence-electron chi connectivity index (χ4n) is 1.42. The number of ether oxygens (including phenoxy) is 1. The van der Waals surface area contributed by atoms with Gasteiger partial charge < -0.3 is 10.1 Å². The third kappa shape index (κ3) is 2.62. The van der Waals surface area contributed by atoms with Crippen LogP contribution in [-0.2, 0) is 9.53 Å². The lowest BCUT2D eigenvalue weighted by molar-refractivity contribution is -0.118. The maximum Gasteiger partial charge on any atom is 0.337 e. The lowest BCUT2D eigenvalue weighted by Gasteiger charge is -2.10. The Balaban J connectivity index is 2.04. The number of esters is 1. The highest BCUT2D eigenvalue weighted by Gasteiger charge is 2.31. The van der Waals surface area contributed by atoms with Crippen LogP contribution in [0.2, 0.25) is 0 Å². The first-order valence-electron chi connectivity index (χ1n) is 5.06. The Kier molecular flexibility index (Phi) is 3.52. The van der Waals surface area contributed by atoms with Gasteiger partial charge in [-0.25, -0.2) is 4.79 Å². The summed E-state index contributed by atoms with van der Waals surface area (Å²) in [5.74, 6) is -0.799. The molecule has 1 aliphatic rings. The fourth-order valence-corrected chi connectivity index (χ4v) is 2.16. The van der Waals surface area contributed by atoms with Gasteiger partial charge in [0.1, 0.15) is 0 Å². The number of methoxy groups -OCH3 is 1. The number of carbonyl (C=O) groups excluding carboxylic acids is 3. The van der Waals surface area contributed by atoms with Gasteiger partial charge in [-0.05, 0) is 36.0 Å². The normalized spacial score (nSPS) is 18.4. The van der Waals surface area contributed by atoms with Crippen molar-refractivity contribution < 1.29 is 19.1 Å². The summed E-state index contributed by atoms with van der Waals surface area (Å²) in [6.45, 7) is 0. The van der Waals surface area contributed by atoms with Gasteiger partial charge in [-0.3, -0.25) is 14.9 Å². The predicted molar refractivity (Wildman–Crippen MR) is 66.3 cm³/mol. The molecule has 0 bridgehead atoms. The van der Waals surface area contributed by atoms with Gasteiger partial charge in [0.05, 0.1) is 12.7 Å². The molecule has 1 saturated heterocycles. The van der Waals surface area contributed by atoms with Crippen molar-refractivity contribution in [3.8, 4) is 0 Å². The molecule has 2 N–H and O–H groups in total. The Labute approximate surface area is 107 Å². The molecule has 0 saturated carbocycles. The molecule has 6 nitrogen and oxygen atoms in total. The zero-order chi connectivity index (χ0) is 13.1. The van der Waals surface area contributed by atoms with Crippen LogP contribution in [0.15, 0.2) is 24.3 Å². The summed E-state index contributed by atoms with van der Waals surface area (Å²) in [4.78, 5) is 33.5. The van der Waals surface area contributed by atoms with Gasteiger partial charge in [0.2, 0.25) is 0 Å². The lowest BCUT2D eigenvalue weighted by atomic mass is 10.2. The van der Waals surface area contributed by atoms with Crippen LogP contribution >= 0.6 is 11.8 Å². The van der Waals surface area contributed by atoms with Gasteiger partial charge in [-0.2, -0.15) is 0 Å². The standard InChI is InChI=1S/C11H10N2O4S/c1-17-10(15)6-2-4-7(5-3-6)12-9-8(14)13-11(16)18-9/h2-5,9,12H,1H3,(H,13,14,16)/t9-/m1/s1. The number of amides is 2. The fraction of sp³-hybridized carbons (Fsp3) is 0.182. The second-order valence-corrected chi connectivity index (χ2v) is 4.57. The van der Waals surface area contributed by atoms with E-state index in [0.29, 0.717) is 11.3 Å². The first-order valence-corrected chi connectivity index (χ1v) is 5.94. The molecule has 0 aliphatic carbocycles. The molecule has 1 aliphatic heterocycles. The Morgan fingerprint density at radius 2 is 2.00 bits per heavy atom. The summed E-state index contributed by atoms with van der Waals surface area (Å²) in [5.41, 5.74) is 1.06. The van der Waals surface area contributed by atoms with E-state index >= 15 is 0 Å². The third-order valence-corrected chi connectivity index (χ3v) is 3.18. The molecule has 94 valence electrons. The van der Waals surface area contributed by atoms with Crippen LogP contribution in [0.1, 0.15) is 10.4 Å². The van der Waals surface area contributed by atoms with Crippen LogP contribution in [0.4, 0.5) is 10.5 Å². The van der Waals surface area contributed by atoms with Crippen LogP contribution in [0.25, 0.3) is 0 Å². The van der Waals surface area contributed by atoms with Gasteiger partial charge in [0.25, 0.3) is 11.1 Å². The number of benzene rings is 1. The van der Waals surface area contributed by atoms with E-state index in [0.717, 1.165) is 11.8 Å². The Morgan fingerprint density at radius 1 is 1.33 bits per heavy atom. The monoisotopic (exact) mass is 266 g/mol. The van der Waals surface area contributed by atoms with Crippen LogP contribution in [0, 0.1) is 0 Å². The summed E-state index contributed by atoms with van der Waals surface area (Å²) in [6, 6.07) is 6.44. The smallest absolute Gasteiger partial charge is 0.337 e. The van der Waals surface area contributed by atoms with Crippen molar-refractivity contribution in [3.63, 3.8) is 0 Å². The third-order valence-electron chi connectivity index (χ3n) is 2.29. The van der Waals surface area contributed by atoms with Crippen LogP contribution in [0.3, 0.4) is 0 Å². The second-order valence-electron chi connectivity index (χ2n) is 3.49. The molecule has 1 fully saturated rings. The minimum absolute atomic E-state index is 0.372. The number of anilines is 1. The van der Waals surface area contributed by atoms with Gasteiger partial charge in [0.15, 0.2) is 5.37 Å². The first kappa shape index (κ1) is 12.4. The van der Waals surface area contributed by atoms with Gasteiger partial charge in [-0.1, -0.05) is 0 Å². The molecule has 2 rings (SSSR count). The highest BCUT2D eigenvalue weighted by atomic mass is 32.2. The number of carbonyl (C=O) groups is 3. The number of rotatable bonds is 3. The first-order chi connectivity index (χ1) is 8.60. The van der Waals surface area contributed by atoms with E-state index in [1.165, 1.54) is 7.11 Å². The molecule has 0 spiro atoms. The van der Waals surface area contributed by atoms with E-state index in [2.05, 4.69) is 15.4 Å². The van der Waals surface area contributed by atoms with E-state index in [1.54, 1.807) is 24.3 Å². The molecular weight excluding hydrogens is 256 g/mol. The van der Waals surface area contributed by atoms with Crippen molar-refractivity contribution in [2.24, 2.45) is 0 Å². The molecule has 0 unspecified atom stereocenters. The maximum atomic E-state index is 11.3. The van der Waals surface area contributed by atoms with E-state index in [-0.39, 0.29) is 11.1 Å². The number of nitrogens with one attached hydrogen (secondary N) is 2.